The zero-order valence-electron chi connectivity index (χ0n) is 16.2. The van der Waals surface area contributed by atoms with Crippen LogP contribution in [0.2, 0.25) is 0 Å². The molecule has 0 radical (unpaired) electrons. The summed E-state index contributed by atoms with van der Waals surface area (Å²) in [6.07, 6.45) is 3.74. The third-order valence-electron chi connectivity index (χ3n) is 5.07. The highest BCUT2D eigenvalue weighted by Gasteiger charge is 2.19. The van der Waals surface area contributed by atoms with Crippen LogP contribution in [0.1, 0.15) is 5.56 Å². The molecule has 6 nitrogen and oxygen atoms in total. The summed E-state index contributed by atoms with van der Waals surface area (Å²) in [5.41, 5.74) is 3.58. The molecular formula is C22H26N6. The van der Waals surface area contributed by atoms with Gasteiger partial charge in [-0.25, -0.2) is 4.68 Å². The maximum atomic E-state index is 4.48. The minimum atomic E-state index is 0.755. The lowest BCUT2D eigenvalue weighted by Crippen LogP contribution is -2.52. The van der Waals surface area contributed by atoms with Crippen molar-refractivity contribution in [3.05, 3.63) is 78.6 Å². The number of nitrogens with one attached hydrogen (secondary N) is 1. The highest BCUT2D eigenvalue weighted by atomic mass is 15.3. The van der Waals surface area contributed by atoms with Gasteiger partial charge in [-0.2, -0.15) is 5.10 Å². The molecule has 0 aliphatic carbocycles. The van der Waals surface area contributed by atoms with E-state index in [1.165, 1.54) is 11.3 Å². The Morgan fingerprint density at radius 2 is 1.68 bits per heavy atom. The monoisotopic (exact) mass is 374 g/mol. The molecule has 0 amide bonds. The molecule has 1 saturated heterocycles. The quantitative estimate of drug-likeness (QED) is 0.564. The lowest BCUT2D eigenvalue weighted by molar-refractivity contribution is 0.372. The van der Waals surface area contributed by atoms with Crippen molar-refractivity contribution < 1.29 is 0 Å². The molecule has 1 aromatic heterocycles. The van der Waals surface area contributed by atoms with Crippen LogP contribution in [0.5, 0.6) is 0 Å². The molecule has 2 aromatic carbocycles. The minimum absolute atomic E-state index is 0.755. The van der Waals surface area contributed by atoms with E-state index in [0.717, 1.165) is 44.4 Å². The second kappa shape index (κ2) is 8.61. The Hall–Kier alpha value is -3.28. The molecule has 0 saturated carbocycles. The fraction of sp³-hybridized carbons (Fsp3) is 0.273. The maximum absolute atomic E-state index is 4.48. The summed E-state index contributed by atoms with van der Waals surface area (Å²) in [7, 11) is 1.85. The highest BCUT2D eigenvalue weighted by molar-refractivity contribution is 5.80. The fourth-order valence-electron chi connectivity index (χ4n) is 3.52. The summed E-state index contributed by atoms with van der Waals surface area (Å²) >= 11 is 0. The molecule has 1 N–H and O–H groups in total. The summed E-state index contributed by atoms with van der Waals surface area (Å²) in [6, 6.07) is 21.0. The average Bonchev–Trinajstić information content (AvgIpc) is 3.31. The summed E-state index contributed by atoms with van der Waals surface area (Å²) in [5.74, 6) is 0.962. The van der Waals surface area contributed by atoms with E-state index in [1.54, 1.807) is 6.20 Å². The molecule has 3 aromatic rings. The predicted molar refractivity (Wildman–Crippen MR) is 114 cm³/mol. The molecule has 2 heterocycles. The SMILES string of the molecule is CN=C(NCc1ccc(-n2cccn2)cc1)N1CCN(c2ccccc2)CC1. The topological polar surface area (TPSA) is 48.7 Å². The average molecular weight is 374 g/mol. The third-order valence-corrected chi connectivity index (χ3v) is 5.07. The second-order valence-electron chi connectivity index (χ2n) is 6.83. The van der Waals surface area contributed by atoms with Crippen LogP contribution in [-0.2, 0) is 6.54 Å². The van der Waals surface area contributed by atoms with E-state index < -0.39 is 0 Å². The smallest absolute Gasteiger partial charge is 0.194 e. The minimum Gasteiger partial charge on any atom is -0.368 e. The van der Waals surface area contributed by atoms with Gasteiger partial charge >= 0.3 is 0 Å². The Kier molecular flexibility index (Phi) is 5.56. The molecule has 1 aliphatic heterocycles. The van der Waals surface area contributed by atoms with Crippen LogP contribution in [0.25, 0.3) is 5.69 Å². The van der Waals surface area contributed by atoms with Crippen molar-refractivity contribution in [1.29, 1.82) is 0 Å². The Bertz CT molecular complexity index is 879. The van der Waals surface area contributed by atoms with E-state index in [1.807, 2.05) is 24.0 Å². The number of aromatic nitrogens is 2. The first-order valence-corrected chi connectivity index (χ1v) is 9.68. The number of guanidine groups is 1. The number of rotatable bonds is 4. The van der Waals surface area contributed by atoms with Gasteiger partial charge in [0.1, 0.15) is 0 Å². The summed E-state index contributed by atoms with van der Waals surface area (Å²) in [6.45, 7) is 4.69. The molecule has 0 spiro atoms. The number of aliphatic imine (C=N–C) groups is 1. The molecule has 28 heavy (non-hydrogen) atoms. The normalized spacial score (nSPS) is 15.0. The van der Waals surface area contributed by atoms with Gasteiger partial charge in [0.05, 0.1) is 5.69 Å². The zero-order valence-corrected chi connectivity index (χ0v) is 16.2. The Morgan fingerprint density at radius 3 is 2.32 bits per heavy atom. The van der Waals surface area contributed by atoms with Crippen molar-refractivity contribution in [3.8, 4) is 5.69 Å². The fourth-order valence-corrected chi connectivity index (χ4v) is 3.52. The molecule has 0 bridgehead atoms. The van der Waals surface area contributed by atoms with Gasteiger partial charge in [-0.05, 0) is 35.9 Å². The number of hydrogen-bond donors (Lipinski definition) is 1. The summed E-state index contributed by atoms with van der Waals surface area (Å²) in [4.78, 5) is 9.24. The number of hydrogen-bond acceptors (Lipinski definition) is 3. The Morgan fingerprint density at radius 1 is 0.929 bits per heavy atom. The summed E-state index contributed by atoms with van der Waals surface area (Å²) < 4.78 is 1.86. The molecular weight excluding hydrogens is 348 g/mol. The molecule has 0 unspecified atom stereocenters. The highest BCUT2D eigenvalue weighted by Crippen LogP contribution is 2.15. The molecule has 6 heteroatoms. The number of para-hydroxylation sites is 1. The lowest BCUT2D eigenvalue weighted by Gasteiger charge is -2.37. The standard InChI is InChI=1S/C22H26N6/c1-23-22(27-16-14-26(15-17-27)20-6-3-2-4-7-20)24-18-19-8-10-21(11-9-19)28-13-5-12-25-28/h2-13H,14-18H2,1H3,(H,23,24). The molecule has 1 aliphatic rings. The van der Waals surface area contributed by atoms with Crippen molar-refractivity contribution in [1.82, 2.24) is 20.0 Å². The van der Waals surface area contributed by atoms with Crippen LogP contribution in [0, 0.1) is 0 Å². The second-order valence-corrected chi connectivity index (χ2v) is 6.83. The first-order chi connectivity index (χ1) is 13.8. The van der Waals surface area contributed by atoms with Crippen molar-refractivity contribution in [2.24, 2.45) is 4.99 Å². The van der Waals surface area contributed by atoms with Crippen LogP contribution in [0.4, 0.5) is 5.69 Å². The van der Waals surface area contributed by atoms with Crippen molar-refractivity contribution in [3.63, 3.8) is 0 Å². The Labute approximate surface area is 166 Å². The van der Waals surface area contributed by atoms with Crippen LogP contribution >= 0.6 is 0 Å². The zero-order chi connectivity index (χ0) is 19.2. The van der Waals surface area contributed by atoms with E-state index in [-0.39, 0.29) is 0 Å². The van der Waals surface area contributed by atoms with Crippen LogP contribution < -0.4 is 10.2 Å². The number of anilines is 1. The van der Waals surface area contributed by atoms with Gasteiger partial charge in [0.2, 0.25) is 0 Å². The van der Waals surface area contributed by atoms with Gasteiger partial charge in [0.25, 0.3) is 0 Å². The number of piperazine rings is 1. The van der Waals surface area contributed by atoms with Crippen LogP contribution in [-0.4, -0.2) is 53.9 Å². The number of nitrogens with zero attached hydrogens (tertiary/aromatic N) is 5. The largest absolute Gasteiger partial charge is 0.368 e. The predicted octanol–water partition coefficient (Wildman–Crippen LogP) is 2.77. The van der Waals surface area contributed by atoms with E-state index in [4.69, 9.17) is 0 Å². The van der Waals surface area contributed by atoms with E-state index in [9.17, 15) is 0 Å². The number of benzene rings is 2. The van der Waals surface area contributed by atoms with E-state index >= 15 is 0 Å². The molecule has 1 fully saturated rings. The van der Waals surface area contributed by atoms with Gasteiger partial charge in [0, 0.05) is 57.9 Å². The van der Waals surface area contributed by atoms with Gasteiger partial charge in [-0.15, -0.1) is 0 Å². The Balaban J connectivity index is 1.30. The molecule has 0 atom stereocenters. The maximum Gasteiger partial charge on any atom is 0.194 e. The van der Waals surface area contributed by atoms with Gasteiger partial charge in [-0.1, -0.05) is 30.3 Å². The summed E-state index contributed by atoms with van der Waals surface area (Å²) in [5, 5.41) is 7.76. The van der Waals surface area contributed by atoms with Crippen LogP contribution in [0.15, 0.2) is 78.0 Å². The lowest BCUT2D eigenvalue weighted by atomic mass is 10.2. The first kappa shape index (κ1) is 18.1. The van der Waals surface area contributed by atoms with Gasteiger partial charge in [0.15, 0.2) is 5.96 Å². The van der Waals surface area contributed by atoms with Crippen molar-refractivity contribution >= 4 is 11.6 Å². The van der Waals surface area contributed by atoms with E-state index in [0.29, 0.717) is 0 Å². The van der Waals surface area contributed by atoms with Crippen molar-refractivity contribution in [2.75, 3.05) is 38.1 Å². The van der Waals surface area contributed by atoms with Gasteiger partial charge < -0.3 is 15.1 Å². The molecule has 4 rings (SSSR count). The van der Waals surface area contributed by atoms with Gasteiger partial charge in [-0.3, -0.25) is 4.99 Å². The van der Waals surface area contributed by atoms with Crippen molar-refractivity contribution in [2.45, 2.75) is 6.54 Å². The van der Waals surface area contributed by atoms with E-state index in [2.05, 4.69) is 79.8 Å². The first-order valence-electron chi connectivity index (χ1n) is 9.68. The van der Waals surface area contributed by atoms with Crippen LogP contribution in [0.3, 0.4) is 0 Å². The molecule has 144 valence electrons. The third kappa shape index (κ3) is 4.17.